The summed E-state index contributed by atoms with van der Waals surface area (Å²) in [6.45, 7) is 1.85. The smallest absolute Gasteiger partial charge is 0.332 e. The highest BCUT2D eigenvalue weighted by Gasteiger charge is 1.99. The minimum absolute atomic E-state index is 0.645. The van der Waals surface area contributed by atoms with E-state index < -0.39 is 6.03 Å². The molecule has 2 aromatic rings. The molecular formula is C14H15N3O. The highest BCUT2D eigenvalue weighted by Crippen LogP contribution is 2.16. The van der Waals surface area contributed by atoms with Gasteiger partial charge in [-0.1, -0.05) is 42.5 Å². The predicted octanol–water partition coefficient (Wildman–Crippen LogP) is 2.43. The van der Waals surface area contributed by atoms with Crippen molar-refractivity contribution >= 4 is 22.5 Å². The lowest BCUT2D eigenvalue weighted by Gasteiger charge is -2.04. The second-order valence-corrected chi connectivity index (χ2v) is 4.18. The fourth-order valence-electron chi connectivity index (χ4n) is 1.83. The van der Waals surface area contributed by atoms with Crippen LogP contribution in [0.15, 0.2) is 47.6 Å². The van der Waals surface area contributed by atoms with Gasteiger partial charge >= 0.3 is 6.03 Å². The minimum atomic E-state index is -0.645. The van der Waals surface area contributed by atoms with Crippen molar-refractivity contribution in [3.63, 3.8) is 0 Å². The van der Waals surface area contributed by atoms with Crippen LogP contribution in [0, 0.1) is 0 Å². The van der Waals surface area contributed by atoms with Gasteiger partial charge < -0.3 is 5.73 Å². The van der Waals surface area contributed by atoms with Gasteiger partial charge in [-0.2, -0.15) is 5.10 Å². The Bertz CT molecular complexity index is 605. The Morgan fingerprint density at radius 3 is 2.67 bits per heavy atom. The topological polar surface area (TPSA) is 67.5 Å². The van der Waals surface area contributed by atoms with Gasteiger partial charge in [-0.3, -0.25) is 0 Å². The minimum Gasteiger partial charge on any atom is -0.350 e. The molecule has 0 aliphatic carbocycles. The zero-order valence-electron chi connectivity index (χ0n) is 10.2. The molecule has 2 amide bonds. The third-order valence-electron chi connectivity index (χ3n) is 2.63. The normalized spacial score (nSPS) is 11.5. The average Bonchev–Trinajstić information content (AvgIpc) is 2.36. The number of nitrogens with two attached hydrogens (primary N) is 1. The second-order valence-electron chi connectivity index (χ2n) is 4.18. The van der Waals surface area contributed by atoms with E-state index in [-0.39, 0.29) is 0 Å². The number of hydrazone groups is 1. The van der Waals surface area contributed by atoms with Crippen LogP contribution in [-0.4, -0.2) is 11.7 Å². The molecule has 2 rings (SSSR count). The van der Waals surface area contributed by atoms with Crippen molar-refractivity contribution < 1.29 is 4.79 Å². The van der Waals surface area contributed by atoms with Crippen LogP contribution in [0.5, 0.6) is 0 Å². The molecule has 3 N–H and O–H groups in total. The standard InChI is InChI=1S/C14H15N3O/c1-10(16-17-14(15)18)8-11-6-7-12-4-2-3-5-13(12)9-11/h2-7,9H,8H2,1H3,(H3,15,17,18)/b16-10-. The lowest BCUT2D eigenvalue weighted by atomic mass is 10.0. The van der Waals surface area contributed by atoms with E-state index in [9.17, 15) is 4.79 Å². The third-order valence-corrected chi connectivity index (χ3v) is 2.63. The zero-order valence-corrected chi connectivity index (χ0v) is 10.2. The number of fused-ring (bicyclic) bond motifs is 1. The fraction of sp³-hybridized carbons (Fsp3) is 0.143. The number of urea groups is 1. The van der Waals surface area contributed by atoms with Crippen LogP contribution >= 0.6 is 0 Å². The van der Waals surface area contributed by atoms with E-state index in [1.165, 1.54) is 10.8 Å². The predicted molar refractivity (Wildman–Crippen MR) is 73.5 cm³/mol. The van der Waals surface area contributed by atoms with Crippen molar-refractivity contribution in [2.24, 2.45) is 10.8 Å². The molecule has 0 aromatic heterocycles. The Morgan fingerprint density at radius 1 is 1.22 bits per heavy atom. The first-order chi connectivity index (χ1) is 8.65. The van der Waals surface area contributed by atoms with E-state index in [4.69, 9.17) is 5.73 Å². The Kier molecular flexibility index (Phi) is 3.57. The number of nitrogens with one attached hydrogen (secondary N) is 1. The summed E-state index contributed by atoms with van der Waals surface area (Å²) in [5, 5.41) is 6.30. The van der Waals surface area contributed by atoms with E-state index in [1.54, 1.807) is 0 Å². The molecular weight excluding hydrogens is 226 g/mol. The number of primary amides is 1. The average molecular weight is 241 g/mol. The summed E-state index contributed by atoms with van der Waals surface area (Å²) in [5.74, 6) is 0. The van der Waals surface area contributed by atoms with E-state index in [2.05, 4.69) is 40.9 Å². The Balaban J connectivity index is 2.16. The molecule has 2 aromatic carbocycles. The second kappa shape index (κ2) is 5.31. The maximum Gasteiger partial charge on any atom is 0.332 e. The maximum atomic E-state index is 10.5. The molecule has 4 nitrogen and oxygen atoms in total. The highest BCUT2D eigenvalue weighted by atomic mass is 16.2. The molecule has 0 bridgehead atoms. The Morgan fingerprint density at radius 2 is 1.94 bits per heavy atom. The SMILES string of the molecule is C/C(Cc1ccc2ccccc2c1)=N/NC(N)=O. The Hall–Kier alpha value is -2.36. The number of benzene rings is 2. The van der Waals surface area contributed by atoms with E-state index in [0.717, 1.165) is 11.3 Å². The highest BCUT2D eigenvalue weighted by molar-refractivity contribution is 5.88. The van der Waals surface area contributed by atoms with Gasteiger partial charge in [0.15, 0.2) is 0 Å². The lowest BCUT2D eigenvalue weighted by Crippen LogP contribution is -2.25. The van der Waals surface area contributed by atoms with Gasteiger partial charge in [-0.15, -0.1) is 0 Å². The van der Waals surface area contributed by atoms with Gasteiger partial charge in [0.25, 0.3) is 0 Å². The molecule has 0 atom stereocenters. The summed E-state index contributed by atoms with van der Waals surface area (Å²) in [4.78, 5) is 10.5. The van der Waals surface area contributed by atoms with Crippen molar-refractivity contribution in [1.82, 2.24) is 5.43 Å². The molecule has 0 radical (unpaired) electrons. The van der Waals surface area contributed by atoms with Gasteiger partial charge in [0.1, 0.15) is 0 Å². The first-order valence-corrected chi connectivity index (χ1v) is 5.71. The monoisotopic (exact) mass is 241 g/mol. The van der Waals surface area contributed by atoms with Crippen LogP contribution in [0.1, 0.15) is 12.5 Å². The van der Waals surface area contributed by atoms with Crippen molar-refractivity contribution in [2.45, 2.75) is 13.3 Å². The summed E-state index contributed by atoms with van der Waals surface area (Å²) in [6.07, 6.45) is 0.686. The molecule has 0 saturated carbocycles. The van der Waals surface area contributed by atoms with Crippen LogP contribution in [0.3, 0.4) is 0 Å². The van der Waals surface area contributed by atoms with Gasteiger partial charge in [-0.25, -0.2) is 10.2 Å². The third kappa shape index (κ3) is 3.07. The largest absolute Gasteiger partial charge is 0.350 e. The molecule has 0 heterocycles. The van der Waals surface area contributed by atoms with Crippen molar-refractivity contribution in [3.05, 3.63) is 48.0 Å². The van der Waals surface area contributed by atoms with Crippen molar-refractivity contribution in [1.29, 1.82) is 0 Å². The molecule has 0 fully saturated rings. The van der Waals surface area contributed by atoms with Crippen LogP contribution in [0.2, 0.25) is 0 Å². The lowest BCUT2D eigenvalue weighted by molar-refractivity contribution is 0.249. The maximum absolute atomic E-state index is 10.5. The first-order valence-electron chi connectivity index (χ1n) is 5.71. The number of carbonyl (C=O) groups excluding carboxylic acids is 1. The number of carbonyl (C=O) groups is 1. The van der Waals surface area contributed by atoms with E-state index in [0.29, 0.717) is 6.42 Å². The molecule has 18 heavy (non-hydrogen) atoms. The number of hydrogen-bond donors (Lipinski definition) is 2. The quantitative estimate of drug-likeness (QED) is 0.629. The fourth-order valence-corrected chi connectivity index (χ4v) is 1.83. The van der Waals surface area contributed by atoms with Gasteiger partial charge in [0.05, 0.1) is 0 Å². The number of hydrogen-bond acceptors (Lipinski definition) is 2. The van der Waals surface area contributed by atoms with Gasteiger partial charge in [-0.05, 0) is 23.3 Å². The van der Waals surface area contributed by atoms with Crippen molar-refractivity contribution in [3.8, 4) is 0 Å². The van der Waals surface area contributed by atoms with E-state index >= 15 is 0 Å². The van der Waals surface area contributed by atoms with Crippen LogP contribution in [0.25, 0.3) is 10.8 Å². The molecule has 0 aliphatic rings. The summed E-state index contributed by atoms with van der Waals surface area (Å²) in [5.41, 5.74) is 9.14. The molecule has 0 saturated heterocycles. The van der Waals surface area contributed by atoms with Crippen LogP contribution in [0.4, 0.5) is 4.79 Å². The van der Waals surface area contributed by atoms with E-state index in [1.807, 2.05) is 19.1 Å². The first kappa shape index (κ1) is 12.1. The molecule has 92 valence electrons. The molecule has 4 heteroatoms. The molecule has 0 unspecified atom stereocenters. The number of rotatable bonds is 3. The summed E-state index contributed by atoms with van der Waals surface area (Å²) < 4.78 is 0. The summed E-state index contributed by atoms with van der Waals surface area (Å²) in [7, 11) is 0. The number of amides is 2. The Labute approximate surface area is 105 Å². The van der Waals surface area contributed by atoms with Gasteiger partial charge in [0, 0.05) is 12.1 Å². The van der Waals surface area contributed by atoms with Crippen LogP contribution in [-0.2, 0) is 6.42 Å². The number of nitrogens with zero attached hydrogens (tertiary/aromatic N) is 1. The summed E-state index contributed by atoms with van der Waals surface area (Å²) >= 11 is 0. The van der Waals surface area contributed by atoms with Crippen molar-refractivity contribution in [2.75, 3.05) is 0 Å². The molecule has 0 spiro atoms. The zero-order chi connectivity index (χ0) is 13.0. The van der Waals surface area contributed by atoms with Crippen LogP contribution < -0.4 is 11.2 Å². The molecule has 0 aliphatic heterocycles. The van der Waals surface area contributed by atoms with Gasteiger partial charge in [0.2, 0.25) is 0 Å². The summed E-state index contributed by atoms with van der Waals surface area (Å²) in [6, 6.07) is 13.8.